The van der Waals surface area contributed by atoms with E-state index in [4.69, 9.17) is 16.3 Å². The molecule has 24 heavy (non-hydrogen) atoms. The first-order valence-corrected chi connectivity index (χ1v) is 8.66. The van der Waals surface area contributed by atoms with Crippen molar-refractivity contribution in [1.82, 2.24) is 14.7 Å². The highest BCUT2D eigenvalue weighted by molar-refractivity contribution is 6.30. The quantitative estimate of drug-likeness (QED) is 0.845. The summed E-state index contributed by atoms with van der Waals surface area (Å²) in [7, 11) is 0. The fourth-order valence-electron chi connectivity index (χ4n) is 2.80. The van der Waals surface area contributed by atoms with Crippen molar-refractivity contribution in [3.63, 3.8) is 0 Å². The second-order valence-electron chi connectivity index (χ2n) is 6.37. The Morgan fingerprint density at radius 2 is 1.92 bits per heavy atom. The summed E-state index contributed by atoms with van der Waals surface area (Å²) < 4.78 is 7.78. The van der Waals surface area contributed by atoms with Gasteiger partial charge in [0.2, 0.25) is 0 Å². The van der Waals surface area contributed by atoms with Crippen LogP contribution in [0.4, 0.5) is 0 Å². The van der Waals surface area contributed by atoms with Crippen molar-refractivity contribution in [1.29, 1.82) is 0 Å². The first-order chi connectivity index (χ1) is 11.5. The molecule has 0 radical (unpaired) electrons. The van der Waals surface area contributed by atoms with Gasteiger partial charge in [-0.15, -0.1) is 0 Å². The number of hydrogen-bond donors (Lipinski definition) is 0. The summed E-state index contributed by atoms with van der Waals surface area (Å²) >= 11 is 5.88. The molecule has 0 saturated carbocycles. The van der Waals surface area contributed by atoms with E-state index in [1.807, 2.05) is 53.9 Å². The van der Waals surface area contributed by atoms with Gasteiger partial charge in [-0.3, -0.25) is 9.48 Å². The molecule has 3 rings (SSSR count). The lowest BCUT2D eigenvalue weighted by atomic mass is 10.1. The molecule has 1 saturated heterocycles. The van der Waals surface area contributed by atoms with Gasteiger partial charge in [0.15, 0.2) is 0 Å². The third-order valence-electron chi connectivity index (χ3n) is 4.22. The van der Waals surface area contributed by atoms with Crippen molar-refractivity contribution in [2.24, 2.45) is 0 Å². The van der Waals surface area contributed by atoms with Gasteiger partial charge in [0.05, 0.1) is 11.8 Å². The summed E-state index contributed by atoms with van der Waals surface area (Å²) in [6.45, 7) is 5.48. The number of amides is 1. The van der Waals surface area contributed by atoms with Crippen LogP contribution >= 0.6 is 11.6 Å². The van der Waals surface area contributed by atoms with Gasteiger partial charge < -0.3 is 9.64 Å². The highest BCUT2D eigenvalue weighted by Gasteiger charge is 2.25. The third-order valence-corrected chi connectivity index (χ3v) is 4.48. The average Bonchev–Trinajstić information content (AvgIpc) is 3.07. The molecule has 0 N–H and O–H groups in total. The highest BCUT2D eigenvalue weighted by atomic mass is 35.5. The maximum atomic E-state index is 12.6. The predicted molar refractivity (Wildman–Crippen MR) is 93.6 cm³/mol. The van der Waals surface area contributed by atoms with E-state index in [0.717, 1.165) is 18.6 Å². The minimum atomic E-state index is 0.0480. The lowest BCUT2D eigenvalue weighted by Crippen LogP contribution is -2.41. The minimum Gasteiger partial charge on any atom is -0.490 e. The Labute approximate surface area is 147 Å². The Kier molecular flexibility index (Phi) is 5.09. The van der Waals surface area contributed by atoms with E-state index in [0.29, 0.717) is 23.7 Å². The molecule has 1 aromatic carbocycles. The molecule has 6 heteroatoms. The zero-order chi connectivity index (χ0) is 17.1. The molecule has 1 aromatic heterocycles. The molecule has 5 nitrogen and oxygen atoms in total. The van der Waals surface area contributed by atoms with Crippen LogP contribution in [0.2, 0.25) is 5.02 Å². The number of carbonyl (C=O) groups is 1. The number of ether oxygens (including phenoxy) is 1. The molecule has 1 amide bonds. The van der Waals surface area contributed by atoms with Crippen LogP contribution in [0.1, 0.15) is 43.1 Å². The number of hydrogen-bond acceptors (Lipinski definition) is 3. The number of aromatic nitrogens is 2. The summed E-state index contributed by atoms with van der Waals surface area (Å²) in [5.74, 6) is 0.870. The number of likely N-dealkylation sites (tertiary alicyclic amines) is 1. The number of halogens is 1. The molecule has 0 aliphatic carbocycles. The molecular formula is C18H22ClN3O2. The maximum absolute atomic E-state index is 12.6. The molecule has 0 unspecified atom stereocenters. The summed E-state index contributed by atoms with van der Waals surface area (Å²) in [4.78, 5) is 14.4. The van der Waals surface area contributed by atoms with Gasteiger partial charge in [-0.25, -0.2) is 0 Å². The van der Waals surface area contributed by atoms with Gasteiger partial charge in [-0.05, 0) is 38.1 Å². The second-order valence-corrected chi connectivity index (χ2v) is 6.80. The van der Waals surface area contributed by atoms with Crippen molar-refractivity contribution in [2.45, 2.75) is 38.8 Å². The average molecular weight is 348 g/mol. The van der Waals surface area contributed by atoms with Gasteiger partial charge in [0.1, 0.15) is 11.9 Å². The van der Waals surface area contributed by atoms with E-state index in [2.05, 4.69) is 5.10 Å². The molecule has 2 heterocycles. The van der Waals surface area contributed by atoms with E-state index < -0.39 is 0 Å². The van der Waals surface area contributed by atoms with Crippen LogP contribution in [-0.2, 0) is 0 Å². The Hall–Kier alpha value is -2.01. The molecule has 1 aliphatic rings. The molecule has 2 aromatic rings. The smallest absolute Gasteiger partial charge is 0.257 e. The van der Waals surface area contributed by atoms with Crippen LogP contribution in [0.25, 0.3) is 0 Å². The molecule has 1 aliphatic heterocycles. The zero-order valence-electron chi connectivity index (χ0n) is 14.0. The fraction of sp³-hybridized carbons (Fsp3) is 0.444. The first-order valence-electron chi connectivity index (χ1n) is 8.28. The monoisotopic (exact) mass is 347 g/mol. The zero-order valence-corrected chi connectivity index (χ0v) is 14.7. The Morgan fingerprint density at radius 3 is 2.50 bits per heavy atom. The number of carbonyl (C=O) groups excluding carboxylic acids is 1. The summed E-state index contributed by atoms with van der Waals surface area (Å²) in [5, 5.41) is 4.94. The largest absolute Gasteiger partial charge is 0.490 e. The van der Waals surface area contributed by atoms with Gasteiger partial charge in [-0.2, -0.15) is 5.10 Å². The lowest BCUT2D eigenvalue weighted by molar-refractivity contribution is 0.0595. The molecule has 1 fully saturated rings. The van der Waals surface area contributed by atoms with Crippen LogP contribution < -0.4 is 4.74 Å². The van der Waals surface area contributed by atoms with E-state index in [1.165, 1.54) is 0 Å². The van der Waals surface area contributed by atoms with Crippen molar-refractivity contribution in [3.8, 4) is 5.75 Å². The first kappa shape index (κ1) is 16.8. The second kappa shape index (κ2) is 7.26. The number of rotatable bonds is 4. The lowest BCUT2D eigenvalue weighted by Gasteiger charge is -2.32. The summed E-state index contributed by atoms with van der Waals surface area (Å²) in [6.07, 6.45) is 5.26. The normalized spacial score (nSPS) is 15.8. The summed E-state index contributed by atoms with van der Waals surface area (Å²) in [6, 6.07) is 7.65. The van der Waals surface area contributed by atoms with Crippen LogP contribution in [-0.4, -0.2) is 39.8 Å². The summed E-state index contributed by atoms with van der Waals surface area (Å²) in [5.41, 5.74) is 0.653. The fourth-order valence-corrected chi connectivity index (χ4v) is 2.92. The van der Waals surface area contributed by atoms with E-state index in [1.54, 1.807) is 6.20 Å². The van der Waals surface area contributed by atoms with E-state index >= 15 is 0 Å². The highest BCUT2D eigenvalue weighted by Crippen LogP contribution is 2.22. The van der Waals surface area contributed by atoms with Crippen LogP contribution in [0.3, 0.4) is 0 Å². The SMILES string of the molecule is CC(C)n1cc(C(=O)N2CCC(Oc3ccc(Cl)cc3)CC2)cn1. The number of piperidine rings is 1. The Balaban J connectivity index is 1.54. The van der Waals surface area contributed by atoms with Crippen molar-refractivity contribution >= 4 is 17.5 Å². The van der Waals surface area contributed by atoms with E-state index in [9.17, 15) is 4.79 Å². The molecule has 0 bridgehead atoms. The molecule has 128 valence electrons. The Morgan fingerprint density at radius 1 is 1.25 bits per heavy atom. The van der Waals surface area contributed by atoms with Crippen LogP contribution in [0.5, 0.6) is 5.75 Å². The third kappa shape index (κ3) is 3.90. The predicted octanol–water partition coefficient (Wildman–Crippen LogP) is 3.80. The topological polar surface area (TPSA) is 47.4 Å². The van der Waals surface area contributed by atoms with Crippen LogP contribution in [0, 0.1) is 0 Å². The Bertz CT molecular complexity index is 689. The maximum Gasteiger partial charge on any atom is 0.257 e. The van der Waals surface area contributed by atoms with Gasteiger partial charge in [0.25, 0.3) is 5.91 Å². The standard InChI is InChI=1S/C18H22ClN3O2/c1-13(2)22-12-14(11-20-22)18(23)21-9-7-17(8-10-21)24-16-5-3-15(19)4-6-16/h3-6,11-13,17H,7-10H2,1-2H3. The van der Waals surface area contributed by atoms with Crippen molar-refractivity contribution < 1.29 is 9.53 Å². The van der Waals surface area contributed by atoms with Gasteiger partial charge in [0, 0.05) is 43.2 Å². The van der Waals surface area contributed by atoms with Crippen molar-refractivity contribution in [2.75, 3.05) is 13.1 Å². The molecule has 0 spiro atoms. The number of benzene rings is 1. The van der Waals surface area contributed by atoms with Crippen LogP contribution in [0.15, 0.2) is 36.7 Å². The van der Waals surface area contributed by atoms with Gasteiger partial charge >= 0.3 is 0 Å². The molecule has 0 atom stereocenters. The minimum absolute atomic E-state index is 0.0480. The molecular weight excluding hydrogens is 326 g/mol. The van der Waals surface area contributed by atoms with Crippen molar-refractivity contribution in [3.05, 3.63) is 47.2 Å². The van der Waals surface area contributed by atoms with Gasteiger partial charge in [-0.1, -0.05) is 11.6 Å². The number of nitrogens with zero attached hydrogens (tertiary/aromatic N) is 3. The van der Waals surface area contributed by atoms with E-state index in [-0.39, 0.29) is 18.1 Å².